The first-order chi connectivity index (χ1) is 8.72. The summed E-state index contributed by atoms with van der Waals surface area (Å²) >= 11 is 0. The topological polar surface area (TPSA) is 46.9 Å². The highest BCUT2D eigenvalue weighted by Gasteiger charge is 2.08. The zero-order chi connectivity index (χ0) is 13.0. The highest BCUT2D eigenvalue weighted by Crippen LogP contribution is 2.17. The molecule has 18 heavy (non-hydrogen) atoms. The zero-order valence-electron chi connectivity index (χ0n) is 10.8. The van der Waals surface area contributed by atoms with Crippen molar-refractivity contribution >= 4 is 21.7 Å². The Bertz CT molecular complexity index is 550. The van der Waals surface area contributed by atoms with Gasteiger partial charge in [0.2, 0.25) is 0 Å². The van der Waals surface area contributed by atoms with E-state index in [9.17, 15) is 4.21 Å². The summed E-state index contributed by atoms with van der Waals surface area (Å²) in [5.74, 6) is 0.687. The monoisotopic (exact) mass is 265 g/mol. The quantitative estimate of drug-likeness (QED) is 0.806. The second kappa shape index (κ2) is 6.11. The van der Waals surface area contributed by atoms with Gasteiger partial charge in [0.1, 0.15) is 0 Å². The molecule has 0 aliphatic rings. The summed E-state index contributed by atoms with van der Waals surface area (Å²) in [6.45, 7) is 4.46. The van der Waals surface area contributed by atoms with Crippen LogP contribution in [-0.4, -0.2) is 32.5 Å². The maximum atomic E-state index is 11.0. The Morgan fingerprint density at radius 3 is 2.89 bits per heavy atom. The number of benzene rings is 1. The molecule has 1 atom stereocenters. The van der Waals surface area contributed by atoms with Crippen LogP contribution in [0.1, 0.15) is 12.6 Å². The second-order valence-corrected chi connectivity index (χ2v) is 5.79. The van der Waals surface area contributed by atoms with Crippen LogP contribution in [0.2, 0.25) is 0 Å². The Morgan fingerprint density at radius 1 is 1.39 bits per heavy atom. The Morgan fingerprint density at radius 2 is 2.17 bits per heavy atom. The van der Waals surface area contributed by atoms with E-state index in [1.807, 2.05) is 16.8 Å². The highest BCUT2D eigenvalue weighted by atomic mass is 32.2. The minimum atomic E-state index is -0.735. The maximum absolute atomic E-state index is 11.0. The van der Waals surface area contributed by atoms with Gasteiger partial charge in [-0.3, -0.25) is 8.89 Å². The molecular formula is C13H19N3OS. The lowest BCUT2D eigenvalue weighted by molar-refractivity contribution is 0.640. The average Bonchev–Trinajstić information content (AvgIpc) is 2.73. The van der Waals surface area contributed by atoms with Crippen LogP contribution in [0.15, 0.2) is 24.3 Å². The van der Waals surface area contributed by atoms with Crippen molar-refractivity contribution in [3.05, 3.63) is 30.0 Å². The molecule has 0 aliphatic heterocycles. The van der Waals surface area contributed by atoms with Gasteiger partial charge < -0.3 is 5.32 Å². The third kappa shape index (κ3) is 2.97. The van der Waals surface area contributed by atoms with Crippen LogP contribution in [0, 0.1) is 0 Å². The lowest BCUT2D eigenvalue weighted by atomic mass is 10.2. The van der Waals surface area contributed by atoms with E-state index >= 15 is 0 Å². The molecule has 2 aromatic rings. The molecule has 1 N–H and O–H groups in total. The molecule has 5 heteroatoms. The SMILES string of the molecule is CCn1nc(CNCCS(C)=O)c2ccccc21. The fraction of sp³-hybridized carbons (Fsp3) is 0.462. The molecule has 1 heterocycles. The molecular weight excluding hydrogens is 246 g/mol. The van der Waals surface area contributed by atoms with E-state index < -0.39 is 10.8 Å². The molecule has 98 valence electrons. The minimum Gasteiger partial charge on any atom is -0.310 e. The molecule has 2 rings (SSSR count). The van der Waals surface area contributed by atoms with Crippen LogP contribution in [0.5, 0.6) is 0 Å². The fourth-order valence-electron chi connectivity index (χ4n) is 1.99. The largest absolute Gasteiger partial charge is 0.310 e. The van der Waals surface area contributed by atoms with Crippen LogP contribution in [0.25, 0.3) is 10.9 Å². The first-order valence-corrected chi connectivity index (χ1v) is 7.90. The van der Waals surface area contributed by atoms with Gasteiger partial charge in [-0.25, -0.2) is 0 Å². The molecule has 1 unspecified atom stereocenters. The molecule has 4 nitrogen and oxygen atoms in total. The van der Waals surface area contributed by atoms with E-state index in [1.165, 1.54) is 10.9 Å². The van der Waals surface area contributed by atoms with Crippen molar-refractivity contribution in [1.29, 1.82) is 0 Å². The van der Waals surface area contributed by atoms with Crippen LogP contribution < -0.4 is 5.32 Å². The number of fused-ring (bicyclic) bond motifs is 1. The number of rotatable bonds is 6. The lowest BCUT2D eigenvalue weighted by Crippen LogP contribution is -2.20. The van der Waals surface area contributed by atoms with Gasteiger partial charge in [-0.05, 0) is 13.0 Å². The van der Waals surface area contributed by atoms with Gasteiger partial charge in [0, 0.05) is 47.8 Å². The highest BCUT2D eigenvalue weighted by molar-refractivity contribution is 7.84. The van der Waals surface area contributed by atoms with Crippen LogP contribution in [0.4, 0.5) is 0 Å². The molecule has 0 fully saturated rings. The lowest BCUT2D eigenvalue weighted by Gasteiger charge is -2.01. The third-order valence-corrected chi connectivity index (χ3v) is 3.67. The summed E-state index contributed by atoms with van der Waals surface area (Å²) in [6, 6.07) is 8.27. The van der Waals surface area contributed by atoms with Crippen LogP contribution >= 0.6 is 0 Å². The molecule has 0 saturated heterocycles. The zero-order valence-corrected chi connectivity index (χ0v) is 11.7. The summed E-state index contributed by atoms with van der Waals surface area (Å²) < 4.78 is 13.0. The van der Waals surface area contributed by atoms with Gasteiger partial charge in [0.25, 0.3) is 0 Å². The van der Waals surface area contributed by atoms with E-state index in [0.29, 0.717) is 5.75 Å². The Hall–Kier alpha value is -1.20. The summed E-state index contributed by atoms with van der Waals surface area (Å²) in [5, 5.41) is 9.10. The fourth-order valence-corrected chi connectivity index (χ4v) is 2.42. The molecule has 0 bridgehead atoms. The Kier molecular flexibility index (Phi) is 4.49. The number of hydrogen-bond donors (Lipinski definition) is 1. The van der Waals surface area contributed by atoms with Crippen molar-refractivity contribution in [3.8, 4) is 0 Å². The summed E-state index contributed by atoms with van der Waals surface area (Å²) in [4.78, 5) is 0. The smallest absolute Gasteiger partial charge is 0.0841 e. The molecule has 0 aliphatic carbocycles. The van der Waals surface area contributed by atoms with Crippen molar-refractivity contribution in [1.82, 2.24) is 15.1 Å². The van der Waals surface area contributed by atoms with Crippen molar-refractivity contribution in [2.24, 2.45) is 0 Å². The van der Waals surface area contributed by atoms with Gasteiger partial charge in [-0.1, -0.05) is 18.2 Å². The summed E-state index contributed by atoms with van der Waals surface area (Å²) in [6.07, 6.45) is 1.73. The molecule has 0 saturated carbocycles. The van der Waals surface area contributed by atoms with Gasteiger partial charge >= 0.3 is 0 Å². The molecule has 0 radical (unpaired) electrons. The molecule has 1 aromatic heterocycles. The summed E-state index contributed by atoms with van der Waals surface area (Å²) in [7, 11) is -0.735. The molecule has 1 aromatic carbocycles. The van der Waals surface area contributed by atoms with Crippen LogP contribution in [0.3, 0.4) is 0 Å². The predicted molar refractivity (Wildman–Crippen MR) is 76.0 cm³/mol. The van der Waals surface area contributed by atoms with E-state index in [2.05, 4.69) is 29.5 Å². The van der Waals surface area contributed by atoms with Gasteiger partial charge in [0.05, 0.1) is 11.2 Å². The third-order valence-electron chi connectivity index (χ3n) is 2.89. The van der Waals surface area contributed by atoms with Crippen molar-refractivity contribution in [3.63, 3.8) is 0 Å². The second-order valence-electron chi connectivity index (χ2n) is 4.23. The number of hydrogen-bond acceptors (Lipinski definition) is 3. The number of aromatic nitrogens is 2. The van der Waals surface area contributed by atoms with E-state index in [1.54, 1.807) is 6.26 Å². The van der Waals surface area contributed by atoms with Crippen molar-refractivity contribution in [2.75, 3.05) is 18.6 Å². The Labute approximate surface area is 110 Å². The number of nitrogens with zero attached hydrogens (tertiary/aromatic N) is 2. The average molecular weight is 265 g/mol. The number of nitrogens with one attached hydrogen (secondary N) is 1. The van der Waals surface area contributed by atoms with Gasteiger partial charge in [-0.2, -0.15) is 5.10 Å². The van der Waals surface area contributed by atoms with E-state index in [-0.39, 0.29) is 0 Å². The maximum Gasteiger partial charge on any atom is 0.0841 e. The van der Waals surface area contributed by atoms with Crippen molar-refractivity contribution < 1.29 is 4.21 Å². The van der Waals surface area contributed by atoms with Gasteiger partial charge in [-0.15, -0.1) is 0 Å². The first-order valence-electron chi connectivity index (χ1n) is 6.17. The standard InChI is InChI=1S/C13H19N3OS/c1-3-16-13-7-5-4-6-11(13)12(15-16)10-14-8-9-18(2)17/h4-7,14H,3,8-10H2,1-2H3. The van der Waals surface area contributed by atoms with Gasteiger partial charge in [0.15, 0.2) is 0 Å². The first kappa shape index (κ1) is 13.2. The predicted octanol–water partition coefficient (Wildman–Crippen LogP) is 1.52. The van der Waals surface area contributed by atoms with E-state index in [4.69, 9.17) is 0 Å². The molecule has 0 amide bonds. The minimum absolute atomic E-state index is 0.687. The normalized spacial score (nSPS) is 13.0. The van der Waals surface area contributed by atoms with Crippen LogP contribution in [-0.2, 0) is 23.9 Å². The Balaban J connectivity index is 2.10. The number of aryl methyl sites for hydroxylation is 1. The van der Waals surface area contributed by atoms with Crippen molar-refractivity contribution in [2.45, 2.75) is 20.0 Å². The van der Waals surface area contributed by atoms with E-state index in [0.717, 1.165) is 25.3 Å². The number of para-hydroxylation sites is 1. The molecule has 0 spiro atoms. The summed E-state index contributed by atoms with van der Waals surface area (Å²) in [5.41, 5.74) is 2.24.